The number of hydrogen-bond donors (Lipinski definition) is 1. The topological polar surface area (TPSA) is 66.8 Å². The lowest BCUT2D eigenvalue weighted by Gasteiger charge is -2.54. The molecular formula is C10H15NO4. The molecular weight excluding hydrogens is 198 g/mol. The number of carboxylic acid groups (broad SMARTS) is 1. The Hall–Kier alpha value is -1.10. The van der Waals surface area contributed by atoms with Crippen molar-refractivity contribution in [2.45, 2.75) is 31.9 Å². The zero-order chi connectivity index (χ0) is 11.1. The van der Waals surface area contributed by atoms with Crippen LogP contribution in [-0.4, -0.2) is 40.8 Å². The first kappa shape index (κ1) is 10.4. The minimum Gasteiger partial charge on any atom is -0.481 e. The number of ether oxygens (including phenoxy) is 1. The van der Waals surface area contributed by atoms with Crippen molar-refractivity contribution >= 4 is 11.9 Å². The number of amides is 1. The zero-order valence-electron chi connectivity index (χ0n) is 8.73. The van der Waals surface area contributed by atoms with Gasteiger partial charge in [0, 0.05) is 26.3 Å². The SMILES string of the molecule is CC(=O)N1CCCOC12CC(C(=O)O)C2. The fourth-order valence-corrected chi connectivity index (χ4v) is 2.43. The second-order valence-corrected chi connectivity index (χ2v) is 4.26. The van der Waals surface area contributed by atoms with Crippen LogP contribution in [0, 0.1) is 5.92 Å². The van der Waals surface area contributed by atoms with E-state index in [2.05, 4.69) is 0 Å². The molecule has 2 aliphatic rings. The second-order valence-electron chi connectivity index (χ2n) is 4.26. The molecule has 5 heteroatoms. The Bertz CT molecular complexity index is 296. The summed E-state index contributed by atoms with van der Waals surface area (Å²) in [5.74, 6) is -1.18. The normalized spacial score (nSPS) is 35.0. The van der Waals surface area contributed by atoms with Crippen LogP contribution in [0.15, 0.2) is 0 Å². The smallest absolute Gasteiger partial charge is 0.306 e. The molecule has 1 saturated heterocycles. The second kappa shape index (κ2) is 3.48. The molecule has 2 fully saturated rings. The molecule has 84 valence electrons. The molecule has 1 heterocycles. The number of hydrogen-bond acceptors (Lipinski definition) is 3. The zero-order valence-corrected chi connectivity index (χ0v) is 8.73. The van der Waals surface area contributed by atoms with Gasteiger partial charge in [-0.25, -0.2) is 0 Å². The first-order valence-corrected chi connectivity index (χ1v) is 5.20. The molecule has 1 saturated carbocycles. The van der Waals surface area contributed by atoms with Gasteiger partial charge in [0.15, 0.2) is 0 Å². The van der Waals surface area contributed by atoms with Gasteiger partial charge in [-0.15, -0.1) is 0 Å². The van der Waals surface area contributed by atoms with Crippen molar-refractivity contribution in [3.8, 4) is 0 Å². The first-order valence-electron chi connectivity index (χ1n) is 5.20. The van der Waals surface area contributed by atoms with E-state index in [-0.39, 0.29) is 11.8 Å². The van der Waals surface area contributed by atoms with Gasteiger partial charge in [0.25, 0.3) is 0 Å². The van der Waals surface area contributed by atoms with Gasteiger partial charge in [-0.05, 0) is 6.42 Å². The number of carbonyl (C=O) groups excluding carboxylic acids is 1. The molecule has 1 aliphatic carbocycles. The summed E-state index contributed by atoms with van der Waals surface area (Å²) in [6.45, 7) is 2.81. The van der Waals surface area contributed by atoms with E-state index in [1.165, 1.54) is 6.92 Å². The van der Waals surface area contributed by atoms with Gasteiger partial charge >= 0.3 is 5.97 Å². The van der Waals surface area contributed by atoms with Crippen LogP contribution in [0.1, 0.15) is 26.2 Å². The molecule has 5 nitrogen and oxygen atoms in total. The first-order chi connectivity index (χ1) is 7.05. The average molecular weight is 213 g/mol. The molecule has 0 aromatic carbocycles. The molecule has 0 bridgehead atoms. The van der Waals surface area contributed by atoms with E-state index in [9.17, 15) is 9.59 Å². The minimum atomic E-state index is -0.793. The van der Waals surface area contributed by atoms with E-state index in [0.29, 0.717) is 26.0 Å². The van der Waals surface area contributed by atoms with Crippen molar-refractivity contribution in [2.24, 2.45) is 5.92 Å². The van der Waals surface area contributed by atoms with E-state index < -0.39 is 11.7 Å². The van der Waals surface area contributed by atoms with Gasteiger partial charge < -0.3 is 14.7 Å². The van der Waals surface area contributed by atoms with Gasteiger partial charge in [-0.3, -0.25) is 9.59 Å². The Balaban J connectivity index is 2.07. The summed E-state index contributed by atoms with van der Waals surface area (Å²) in [7, 11) is 0. The van der Waals surface area contributed by atoms with Crippen molar-refractivity contribution < 1.29 is 19.4 Å². The number of nitrogens with zero attached hydrogens (tertiary/aromatic N) is 1. The number of aliphatic carboxylic acids is 1. The summed E-state index contributed by atoms with van der Waals surface area (Å²) in [6.07, 6.45) is 1.70. The number of carbonyl (C=O) groups is 2. The number of carboxylic acids is 1. The Morgan fingerprint density at radius 2 is 2.13 bits per heavy atom. The Labute approximate surface area is 88.0 Å². The average Bonchev–Trinajstić information content (AvgIpc) is 2.13. The molecule has 2 rings (SSSR count). The molecule has 0 atom stereocenters. The lowest BCUT2D eigenvalue weighted by atomic mass is 9.74. The van der Waals surface area contributed by atoms with Gasteiger partial charge in [-0.2, -0.15) is 0 Å². The Kier molecular flexibility index (Phi) is 2.42. The van der Waals surface area contributed by atoms with Crippen molar-refractivity contribution in [3.63, 3.8) is 0 Å². The summed E-state index contributed by atoms with van der Waals surface area (Å²) in [4.78, 5) is 23.8. The van der Waals surface area contributed by atoms with E-state index in [4.69, 9.17) is 9.84 Å². The van der Waals surface area contributed by atoms with E-state index in [1.807, 2.05) is 0 Å². The summed E-state index contributed by atoms with van der Waals surface area (Å²) in [5, 5.41) is 8.81. The van der Waals surface area contributed by atoms with Crippen LogP contribution in [-0.2, 0) is 14.3 Å². The Morgan fingerprint density at radius 1 is 1.47 bits per heavy atom. The van der Waals surface area contributed by atoms with Crippen LogP contribution in [0.4, 0.5) is 0 Å². The van der Waals surface area contributed by atoms with Crippen LogP contribution in [0.2, 0.25) is 0 Å². The van der Waals surface area contributed by atoms with Crippen molar-refractivity contribution in [3.05, 3.63) is 0 Å². The summed E-state index contributed by atoms with van der Waals surface area (Å²) in [5.41, 5.74) is -0.604. The van der Waals surface area contributed by atoms with Gasteiger partial charge in [0.2, 0.25) is 5.91 Å². The van der Waals surface area contributed by atoms with Crippen LogP contribution < -0.4 is 0 Å². The van der Waals surface area contributed by atoms with E-state index >= 15 is 0 Å². The van der Waals surface area contributed by atoms with Crippen molar-refractivity contribution in [1.82, 2.24) is 4.90 Å². The van der Waals surface area contributed by atoms with Gasteiger partial charge in [-0.1, -0.05) is 0 Å². The summed E-state index contributed by atoms with van der Waals surface area (Å²) < 4.78 is 5.60. The third-order valence-electron chi connectivity index (χ3n) is 3.25. The third kappa shape index (κ3) is 1.61. The largest absolute Gasteiger partial charge is 0.481 e. The molecule has 0 unspecified atom stereocenters. The molecule has 0 radical (unpaired) electrons. The fourth-order valence-electron chi connectivity index (χ4n) is 2.43. The van der Waals surface area contributed by atoms with Gasteiger partial charge in [0.05, 0.1) is 12.5 Å². The monoisotopic (exact) mass is 213 g/mol. The quantitative estimate of drug-likeness (QED) is 0.686. The maximum atomic E-state index is 11.4. The predicted molar refractivity (Wildman–Crippen MR) is 51.0 cm³/mol. The highest BCUT2D eigenvalue weighted by Gasteiger charge is 2.54. The lowest BCUT2D eigenvalue weighted by molar-refractivity contribution is -0.243. The molecule has 1 N–H and O–H groups in total. The fraction of sp³-hybridized carbons (Fsp3) is 0.800. The third-order valence-corrected chi connectivity index (χ3v) is 3.25. The van der Waals surface area contributed by atoms with Crippen LogP contribution in [0.5, 0.6) is 0 Å². The highest BCUT2D eigenvalue weighted by Crippen LogP contribution is 2.45. The van der Waals surface area contributed by atoms with Crippen molar-refractivity contribution in [1.29, 1.82) is 0 Å². The van der Waals surface area contributed by atoms with Crippen LogP contribution in [0.25, 0.3) is 0 Å². The number of rotatable bonds is 1. The van der Waals surface area contributed by atoms with Crippen LogP contribution in [0.3, 0.4) is 0 Å². The molecule has 0 aromatic heterocycles. The van der Waals surface area contributed by atoms with Gasteiger partial charge in [0.1, 0.15) is 5.72 Å². The molecule has 0 aromatic rings. The van der Waals surface area contributed by atoms with Crippen molar-refractivity contribution in [2.75, 3.05) is 13.2 Å². The highest BCUT2D eigenvalue weighted by atomic mass is 16.5. The minimum absolute atomic E-state index is 0.0291. The van der Waals surface area contributed by atoms with E-state index in [0.717, 1.165) is 6.42 Å². The highest BCUT2D eigenvalue weighted by molar-refractivity contribution is 5.76. The van der Waals surface area contributed by atoms with E-state index in [1.54, 1.807) is 4.90 Å². The predicted octanol–water partition coefficient (Wildman–Crippen LogP) is 0.446. The standard InChI is InChI=1S/C10H15NO4/c1-7(12)11-3-2-4-15-10(11)5-8(6-10)9(13)14/h8H,2-6H2,1H3,(H,13,14). The molecule has 1 amide bonds. The van der Waals surface area contributed by atoms with Crippen LogP contribution >= 0.6 is 0 Å². The molecule has 1 spiro atoms. The maximum Gasteiger partial charge on any atom is 0.306 e. The molecule has 15 heavy (non-hydrogen) atoms. The maximum absolute atomic E-state index is 11.4. The summed E-state index contributed by atoms with van der Waals surface area (Å²) in [6, 6.07) is 0. The lowest BCUT2D eigenvalue weighted by Crippen LogP contribution is -2.64. The Morgan fingerprint density at radius 3 is 2.67 bits per heavy atom. The summed E-state index contributed by atoms with van der Waals surface area (Å²) >= 11 is 0. The molecule has 1 aliphatic heterocycles.